The largest absolute Gasteiger partial charge is 0.360 e. The summed E-state index contributed by atoms with van der Waals surface area (Å²) in [5.74, 6) is -0.678. The predicted octanol–water partition coefficient (Wildman–Crippen LogP) is 2.95. The van der Waals surface area contributed by atoms with Crippen LogP contribution in [0, 0.1) is 25.6 Å². The van der Waals surface area contributed by atoms with Gasteiger partial charge in [0.25, 0.3) is 0 Å². The fourth-order valence-electron chi connectivity index (χ4n) is 3.52. The number of aromatic nitrogens is 1. The van der Waals surface area contributed by atoms with Crippen molar-refractivity contribution in [1.82, 2.24) is 14.8 Å². The van der Waals surface area contributed by atoms with Crippen molar-refractivity contribution in [1.29, 1.82) is 0 Å². The van der Waals surface area contributed by atoms with Crippen molar-refractivity contribution in [2.75, 3.05) is 19.6 Å². The first-order valence-corrected chi connectivity index (χ1v) is 11.6. The number of rotatable bonds is 6. The number of nitrogens with zero attached hydrogens (tertiary/aromatic N) is 2. The molecular weight excluding hydrogens is 465 g/mol. The summed E-state index contributed by atoms with van der Waals surface area (Å²) in [7, 11) is -3.76. The number of piperidine rings is 1. The normalized spacial score (nSPS) is 18.0. The molecule has 2 heterocycles. The zero-order chi connectivity index (χ0) is 21.2. The van der Waals surface area contributed by atoms with Crippen molar-refractivity contribution in [3.63, 3.8) is 0 Å². The van der Waals surface area contributed by atoms with Gasteiger partial charge in [-0.15, -0.1) is 0 Å². The number of hydrogen-bond donors (Lipinski definition) is 1. The Kier molecular flexibility index (Phi) is 6.75. The highest BCUT2D eigenvalue weighted by Crippen LogP contribution is 2.27. The summed E-state index contributed by atoms with van der Waals surface area (Å²) in [6.45, 7) is 4.03. The number of nitrogens with one attached hydrogen (secondary N) is 1. The molecule has 158 valence electrons. The standard InChI is InChI=1S/C19H23BrFN3O4S/c1-12-18(13(2)28-23-12)29(26,27)24-9-3-4-15(11-24)19(25)22-8-7-14-5-6-17(21)16(20)10-14/h5-6,10,15H,3-4,7-9,11H2,1-2H3,(H,22,25). The van der Waals surface area contributed by atoms with Crippen LogP contribution in [0.5, 0.6) is 0 Å². The Morgan fingerprint density at radius 1 is 1.41 bits per heavy atom. The molecule has 1 amide bonds. The van der Waals surface area contributed by atoms with Crippen LogP contribution in [-0.4, -0.2) is 43.4 Å². The van der Waals surface area contributed by atoms with Crippen molar-refractivity contribution in [3.8, 4) is 0 Å². The van der Waals surface area contributed by atoms with Crippen molar-refractivity contribution >= 4 is 31.9 Å². The molecule has 1 aliphatic rings. The van der Waals surface area contributed by atoms with E-state index < -0.39 is 15.9 Å². The van der Waals surface area contributed by atoms with Crippen LogP contribution in [0.2, 0.25) is 0 Å². The van der Waals surface area contributed by atoms with Crippen LogP contribution < -0.4 is 5.32 Å². The summed E-state index contributed by atoms with van der Waals surface area (Å²) in [4.78, 5) is 12.7. The van der Waals surface area contributed by atoms with E-state index in [1.165, 1.54) is 10.4 Å². The van der Waals surface area contributed by atoms with E-state index in [9.17, 15) is 17.6 Å². The van der Waals surface area contributed by atoms with Crippen LogP contribution in [0.3, 0.4) is 0 Å². The molecule has 0 radical (unpaired) electrons. The lowest BCUT2D eigenvalue weighted by molar-refractivity contribution is -0.126. The molecule has 1 atom stereocenters. The van der Waals surface area contributed by atoms with E-state index in [0.717, 1.165) is 5.56 Å². The minimum Gasteiger partial charge on any atom is -0.360 e. The van der Waals surface area contributed by atoms with Gasteiger partial charge in [0.05, 0.1) is 10.4 Å². The van der Waals surface area contributed by atoms with Crippen LogP contribution in [0.4, 0.5) is 4.39 Å². The first-order valence-electron chi connectivity index (χ1n) is 9.35. The third kappa shape index (κ3) is 4.87. The van der Waals surface area contributed by atoms with E-state index in [4.69, 9.17) is 4.52 Å². The first-order chi connectivity index (χ1) is 13.7. The van der Waals surface area contributed by atoms with E-state index in [0.29, 0.717) is 42.5 Å². The van der Waals surface area contributed by atoms with Gasteiger partial charge in [-0.25, -0.2) is 12.8 Å². The minimum absolute atomic E-state index is 0.0837. The monoisotopic (exact) mass is 487 g/mol. The Balaban J connectivity index is 1.60. The maximum absolute atomic E-state index is 13.3. The maximum Gasteiger partial charge on any atom is 0.248 e. The molecule has 1 saturated heterocycles. The molecule has 3 rings (SSSR count). The van der Waals surface area contributed by atoms with Crippen molar-refractivity contribution in [3.05, 3.63) is 45.5 Å². The third-order valence-electron chi connectivity index (χ3n) is 5.02. The van der Waals surface area contributed by atoms with Gasteiger partial charge in [0.1, 0.15) is 16.4 Å². The summed E-state index contributed by atoms with van der Waals surface area (Å²) >= 11 is 3.15. The number of carbonyl (C=O) groups excluding carboxylic acids is 1. The summed E-state index contributed by atoms with van der Waals surface area (Å²) in [5.41, 5.74) is 1.21. The zero-order valence-electron chi connectivity index (χ0n) is 16.2. The number of hydrogen-bond acceptors (Lipinski definition) is 5. The highest BCUT2D eigenvalue weighted by Gasteiger charge is 2.36. The molecular formula is C19H23BrFN3O4S. The average Bonchev–Trinajstić information content (AvgIpc) is 3.03. The molecule has 1 aromatic carbocycles. The topological polar surface area (TPSA) is 92.5 Å². The molecule has 7 nitrogen and oxygen atoms in total. The Morgan fingerprint density at radius 2 is 2.17 bits per heavy atom. The second-order valence-corrected chi connectivity index (χ2v) is 9.87. The zero-order valence-corrected chi connectivity index (χ0v) is 18.6. The van der Waals surface area contributed by atoms with Gasteiger partial charge < -0.3 is 9.84 Å². The second kappa shape index (κ2) is 8.93. The summed E-state index contributed by atoms with van der Waals surface area (Å²) in [6, 6.07) is 4.73. The van der Waals surface area contributed by atoms with E-state index in [-0.39, 0.29) is 28.9 Å². The molecule has 0 saturated carbocycles. The van der Waals surface area contributed by atoms with Gasteiger partial charge in [0.2, 0.25) is 15.9 Å². The van der Waals surface area contributed by atoms with Gasteiger partial charge >= 0.3 is 0 Å². The number of carbonyl (C=O) groups is 1. The lowest BCUT2D eigenvalue weighted by Crippen LogP contribution is -2.45. The van der Waals surface area contributed by atoms with Crippen molar-refractivity contribution < 1.29 is 22.1 Å². The van der Waals surface area contributed by atoms with Gasteiger partial charge in [-0.1, -0.05) is 11.2 Å². The molecule has 1 fully saturated rings. The van der Waals surface area contributed by atoms with Gasteiger partial charge in [0.15, 0.2) is 5.76 Å². The maximum atomic E-state index is 13.3. The smallest absolute Gasteiger partial charge is 0.248 e. The Bertz CT molecular complexity index is 989. The molecule has 2 aromatic rings. The van der Waals surface area contributed by atoms with E-state index in [1.54, 1.807) is 26.0 Å². The van der Waals surface area contributed by atoms with Crippen LogP contribution in [-0.2, 0) is 21.2 Å². The molecule has 1 N–H and O–H groups in total. The summed E-state index contributed by atoms with van der Waals surface area (Å²) < 4.78 is 46.0. The number of sulfonamides is 1. The van der Waals surface area contributed by atoms with Crippen LogP contribution in [0.15, 0.2) is 32.1 Å². The lowest BCUT2D eigenvalue weighted by atomic mass is 9.99. The molecule has 10 heteroatoms. The summed E-state index contributed by atoms with van der Waals surface area (Å²) in [6.07, 6.45) is 1.78. The van der Waals surface area contributed by atoms with Gasteiger partial charge in [0, 0.05) is 19.6 Å². The lowest BCUT2D eigenvalue weighted by Gasteiger charge is -2.31. The van der Waals surface area contributed by atoms with Gasteiger partial charge in [-0.2, -0.15) is 4.31 Å². The van der Waals surface area contributed by atoms with Crippen LogP contribution in [0.1, 0.15) is 29.9 Å². The number of aryl methyl sites for hydroxylation is 2. The third-order valence-corrected chi connectivity index (χ3v) is 7.74. The van der Waals surface area contributed by atoms with Gasteiger partial charge in [-0.3, -0.25) is 4.79 Å². The van der Waals surface area contributed by atoms with E-state index in [1.807, 2.05) is 0 Å². The molecule has 0 bridgehead atoms. The Morgan fingerprint density at radius 3 is 2.83 bits per heavy atom. The molecule has 29 heavy (non-hydrogen) atoms. The predicted molar refractivity (Wildman–Crippen MR) is 108 cm³/mol. The van der Waals surface area contributed by atoms with E-state index >= 15 is 0 Å². The fraction of sp³-hybridized carbons (Fsp3) is 0.474. The molecule has 0 aliphatic carbocycles. The Labute approximate surface area is 177 Å². The quantitative estimate of drug-likeness (QED) is 0.675. The van der Waals surface area contributed by atoms with Crippen molar-refractivity contribution in [2.24, 2.45) is 5.92 Å². The number of amides is 1. The molecule has 1 aromatic heterocycles. The van der Waals surface area contributed by atoms with Crippen molar-refractivity contribution in [2.45, 2.75) is 38.0 Å². The number of halogens is 2. The minimum atomic E-state index is -3.76. The molecule has 1 aliphatic heterocycles. The Hall–Kier alpha value is -1.78. The average molecular weight is 488 g/mol. The molecule has 0 spiro atoms. The van der Waals surface area contributed by atoms with E-state index in [2.05, 4.69) is 26.4 Å². The fourth-order valence-corrected chi connectivity index (χ4v) is 5.76. The SMILES string of the molecule is Cc1noc(C)c1S(=O)(=O)N1CCCC(C(=O)NCCc2ccc(F)c(Br)c2)C1. The molecule has 1 unspecified atom stereocenters. The summed E-state index contributed by atoms with van der Waals surface area (Å²) in [5, 5.41) is 6.59. The highest BCUT2D eigenvalue weighted by molar-refractivity contribution is 9.10. The van der Waals surface area contributed by atoms with Crippen LogP contribution in [0.25, 0.3) is 0 Å². The number of benzene rings is 1. The van der Waals surface area contributed by atoms with Crippen LogP contribution >= 0.6 is 15.9 Å². The van der Waals surface area contributed by atoms with Gasteiger partial charge in [-0.05, 0) is 66.7 Å². The first kappa shape index (κ1) is 21.9. The second-order valence-electron chi connectivity index (χ2n) is 7.14. The highest BCUT2D eigenvalue weighted by atomic mass is 79.9.